The smallest absolute Gasteiger partial charge is 0.274 e. The minimum absolute atomic E-state index is 0.141. The van der Waals surface area contributed by atoms with Crippen LogP contribution in [0.25, 0.3) is 0 Å². The molecule has 0 saturated heterocycles. The molecule has 3 nitrogen and oxygen atoms in total. The molecule has 0 radical (unpaired) electrons. The standard InChI is InChI=1S/C9H15NO2/c1-5-7-8(6-2)9(11)10(3)12-4/h5-7H,1-4H3/b7-5-,8-6+. The van der Waals surface area contributed by atoms with Gasteiger partial charge in [-0.3, -0.25) is 9.63 Å². The van der Waals surface area contributed by atoms with Crippen LogP contribution < -0.4 is 0 Å². The highest BCUT2D eigenvalue weighted by Crippen LogP contribution is 2.01. The van der Waals surface area contributed by atoms with E-state index in [1.807, 2.05) is 19.9 Å². The van der Waals surface area contributed by atoms with Gasteiger partial charge >= 0.3 is 0 Å². The summed E-state index contributed by atoms with van der Waals surface area (Å²) in [6.45, 7) is 3.68. The SMILES string of the molecule is C/C=C\C(=C/C)C(=O)N(C)OC. The number of hydroxylamine groups is 2. The molecule has 1 amide bonds. The maximum absolute atomic E-state index is 11.4. The van der Waals surface area contributed by atoms with Crippen LogP contribution in [0.5, 0.6) is 0 Å². The van der Waals surface area contributed by atoms with Gasteiger partial charge in [-0.15, -0.1) is 0 Å². The zero-order valence-electron chi connectivity index (χ0n) is 8.00. The third-order valence-corrected chi connectivity index (χ3v) is 1.46. The highest BCUT2D eigenvalue weighted by molar-refractivity contribution is 5.95. The third-order valence-electron chi connectivity index (χ3n) is 1.46. The topological polar surface area (TPSA) is 29.5 Å². The number of likely N-dealkylation sites (N-methyl/N-ethyl adjacent to an activating group) is 1. The van der Waals surface area contributed by atoms with Crippen LogP contribution in [-0.2, 0) is 9.63 Å². The predicted molar refractivity (Wildman–Crippen MR) is 48.4 cm³/mol. The van der Waals surface area contributed by atoms with E-state index in [0.717, 1.165) is 0 Å². The lowest BCUT2D eigenvalue weighted by Crippen LogP contribution is -2.26. The van der Waals surface area contributed by atoms with Gasteiger partial charge in [-0.05, 0) is 13.8 Å². The summed E-state index contributed by atoms with van der Waals surface area (Å²) in [6, 6.07) is 0. The summed E-state index contributed by atoms with van der Waals surface area (Å²) in [7, 11) is 3.04. The van der Waals surface area contributed by atoms with Crippen molar-refractivity contribution in [2.45, 2.75) is 13.8 Å². The number of amides is 1. The number of hydrogen-bond acceptors (Lipinski definition) is 2. The molecule has 0 bridgehead atoms. The highest BCUT2D eigenvalue weighted by Gasteiger charge is 2.09. The molecule has 0 rings (SSSR count). The van der Waals surface area contributed by atoms with Crippen molar-refractivity contribution >= 4 is 5.91 Å². The van der Waals surface area contributed by atoms with Gasteiger partial charge in [-0.1, -0.05) is 18.2 Å². The Morgan fingerprint density at radius 1 is 1.42 bits per heavy atom. The fourth-order valence-electron chi connectivity index (χ4n) is 0.735. The van der Waals surface area contributed by atoms with Crippen LogP contribution in [0.3, 0.4) is 0 Å². The molecule has 0 heterocycles. The van der Waals surface area contributed by atoms with Crippen molar-refractivity contribution in [3.63, 3.8) is 0 Å². The lowest BCUT2D eigenvalue weighted by molar-refractivity contribution is -0.163. The van der Waals surface area contributed by atoms with Crippen molar-refractivity contribution in [3.05, 3.63) is 23.8 Å². The summed E-state index contributed by atoms with van der Waals surface area (Å²) < 4.78 is 0. The minimum Gasteiger partial charge on any atom is -0.274 e. The molecule has 0 aromatic rings. The molecule has 0 aromatic carbocycles. The van der Waals surface area contributed by atoms with Gasteiger partial charge < -0.3 is 0 Å². The Kier molecular flexibility index (Phi) is 5.04. The van der Waals surface area contributed by atoms with Crippen molar-refractivity contribution in [2.75, 3.05) is 14.2 Å². The third kappa shape index (κ3) is 2.88. The number of carbonyl (C=O) groups is 1. The van der Waals surface area contributed by atoms with Gasteiger partial charge in [0.25, 0.3) is 5.91 Å². The Labute approximate surface area is 73.3 Å². The van der Waals surface area contributed by atoms with E-state index >= 15 is 0 Å². The summed E-state index contributed by atoms with van der Waals surface area (Å²) in [4.78, 5) is 16.1. The van der Waals surface area contributed by atoms with Crippen LogP contribution in [0.1, 0.15) is 13.8 Å². The van der Waals surface area contributed by atoms with Gasteiger partial charge in [0.15, 0.2) is 0 Å². The maximum atomic E-state index is 11.4. The minimum atomic E-state index is -0.141. The predicted octanol–water partition coefficient (Wildman–Crippen LogP) is 1.53. The Balaban J connectivity index is 4.44. The molecule has 0 aliphatic rings. The van der Waals surface area contributed by atoms with Crippen molar-refractivity contribution in [3.8, 4) is 0 Å². The zero-order chi connectivity index (χ0) is 9.56. The van der Waals surface area contributed by atoms with Crippen molar-refractivity contribution < 1.29 is 9.63 Å². The summed E-state index contributed by atoms with van der Waals surface area (Å²) in [5, 5.41) is 1.19. The average Bonchev–Trinajstić information content (AvgIpc) is 2.11. The summed E-state index contributed by atoms with van der Waals surface area (Å²) in [5.74, 6) is -0.141. The number of allylic oxidation sites excluding steroid dienone is 2. The quantitative estimate of drug-likeness (QED) is 0.364. The number of rotatable bonds is 3. The number of nitrogens with zero attached hydrogens (tertiary/aromatic N) is 1. The molecular formula is C9H15NO2. The molecular weight excluding hydrogens is 154 g/mol. The second-order valence-electron chi connectivity index (χ2n) is 2.23. The van der Waals surface area contributed by atoms with E-state index in [2.05, 4.69) is 0 Å². The summed E-state index contributed by atoms with van der Waals surface area (Å²) >= 11 is 0. The lowest BCUT2D eigenvalue weighted by Gasteiger charge is -2.13. The fourth-order valence-corrected chi connectivity index (χ4v) is 0.735. The van der Waals surface area contributed by atoms with Gasteiger partial charge in [0, 0.05) is 12.6 Å². The molecule has 0 saturated carbocycles. The molecule has 0 fully saturated rings. The van der Waals surface area contributed by atoms with Crippen LogP contribution in [0.2, 0.25) is 0 Å². The average molecular weight is 169 g/mol. The van der Waals surface area contributed by atoms with E-state index in [4.69, 9.17) is 4.84 Å². The number of hydrogen-bond donors (Lipinski definition) is 0. The first-order valence-electron chi connectivity index (χ1n) is 3.78. The second kappa shape index (κ2) is 5.55. The van der Waals surface area contributed by atoms with Crippen LogP contribution in [0.15, 0.2) is 23.8 Å². The van der Waals surface area contributed by atoms with E-state index in [-0.39, 0.29) is 5.91 Å². The molecule has 0 unspecified atom stereocenters. The number of carbonyl (C=O) groups excluding carboxylic acids is 1. The van der Waals surface area contributed by atoms with Gasteiger partial charge in [0.2, 0.25) is 0 Å². The Morgan fingerprint density at radius 3 is 2.33 bits per heavy atom. The lowest BCUT2D eigenvalue weighted by atomic mass is 10.2. The second-order valence-corrected chi connectivity index (χ2v) is 2.23. The molecule has 0 aliphatic carbocycles. The maximum Gasteiger partial charge on any atom is 0.276 e. The Bertz CT molecular complexity index is 207. The van der Waals surface area contributed by atoms with Gasteiger partial charge in [0.05, 0.1) is 7.11 Å². The Hall–Kier alpha value is -1.09. The van der Waals surface area contributed by atoms with E-state index < -0.39 is 0 Å². The van der Waals surface area contributed by atoms with E-state index in [9.17, 15) is 4.79 Å². The van der Waals surface area contributed by atoms with Gasteiger partial charge in [0.1, 0.15) is 0 Å². The van der Waals surface area contributed by atoms with Crippen molar-refractivity contribution in [1.29, 1.82) is 0 Å². The van der Waals surface area contributed by atoms with Crippen molar-refractivity contribution in [1.82, 2.24) is 5.06 Å². The van der Waals surface area contributed by atoms with E-state index in [1.165, 1.54) is 12.2 Å². The molecule has 0 N–H and O–H groups in total. The van der Waals surface area contributed by atoms with Gasteiger partial charge in [-0.25, -0.2) is 5.06 Å². The fraction of sp³-hybridized carbons (Fsp3) is 0.444. The molecule has 12 heavy (non-hydrogen) atoms. The molecule has 68 valence electrons. The van der Waals surface area contributed by atoms with Gasteiger partial charge in [-0.2, -0.15) is 0 Å². The first kappa shape index (κ1) is 10.9. The van der Waals surface area contributed by atoms with Crippen LogP contribution in [0, 0.1) is 0 Å². The monoisotopic (exact) mass is 169 g/mol. The molecule has 0 aromatic heterocycles. The molecule has 3 heteroatoms. The van der Waals surface area contributed by atoms with Crippen molar-refractivity contribution in [2.24, 2.45) is 0 Å². The van der Waals surface area contributed by atoms with E-state index in [1.54, 1.807) is 19.2 Å². The van der Waals surface area contributed by atoms with Crippen LogP contribution in [0.4, 0.5) is 0 Å². The highest BCUT2D eigenvalue weighted by atomic mass is 16.7. The van der Waals surface area contributed by atoms with E-state index in [0.29, 0.717) is 5.57 Å². The van der Waals surface area contributed by atoms with Crippen LogP contribution >= 0.6 is 0 Å². The summed E-state index contributed by atoms with van der Waals surface area (Å²) in [6.07, 6.45) is 5.31. The largest absolute Gasteiger partial charge is 0.276 e. The Morgan fingerprint density at radius 2 is 2.00 bits per heavy atom. The molecule has 0 atom stereocenters. The van der Waals surface area contributed by atoms with Crippen LogP contribution in [-0.4, -0.2) is 25.1 Å². The zero-order valence-corrected chi connectivity index (χ0v) is 8.00. The summed E-state index contributed by atoms with van der Waals surface area (Å²) in [5.41, 5.74) is 0.627. The first-order chi connectivity index (χ1) is 5.67. The first-order valence-corrected chi connectivity index (χ1v) is 3.78. The molecule has 0 spiro atoms. The molecule has 0 aliphatic heterocycles. The normalized spacial score (nSPS) is 12.2.